The third-order valence-corrected chi connectivity index (χ3v) is 7.97. The summed E-state index contributed by atoms with van der Waals surface area (Å²) < 4.78 is 29.7. The van der Waals surface area contributed by atoms with Gasteiger partial charge in [0, 0.05) is 24.0 Å². The lowest BCUT2D eigenvalue weighted by molar-refractivity contribution is -0.872. The predicted octanol–water partition coefficient (Wildman–Crippen LogP) is -3.42. The lowest BCUT2D eigenvalue weighted by Gasteiger charge is -2.19. The minimum Gasteiger partial charge on any atom is -1.00 e. The largest absolute Gasteiger partial charge is 1.00 e. The molecular formula is C26H42Cl2N6O2S2. The topological polar surface area (TPSA) is 78.9 Å². The van der Waals surface area contributed by atoms with Crippen molar-refractivity contribution in [3.8, 4) is 11.8 Å². The van der Waals surface area contributed by atoms with Crippen LogP contribution in [0.1, 0.15) is 75.6 Å². The Hall–Kier alpha value is -1.30. The summed E-state index contributed by atoms with van der Waals surface area (Å²) in [6.45, 7) is 5.85. The van der Waals surface area contributed by atoms with Gasteiger partial charge in [-0.25, -0.2) is 0 Å². The van der Waals surface area contributed by atoms with Gasteiger partial charge in [-0.3, -0.25) is 0 Å². The van der Waals surface area contributed by atoms with Gasteiger partial charge in [-0.2, -0.15) is 8.75 Å². The van der Waals surface area contributed by atoms with Crippen LogP contribution in [-0.2, 0) is 0 Å². The van der Waals surface area contributed by atoms with Crippen molar-refractivity contribution in [2.75, 3.05) is 53.5 Å². The lowest BCUT2D eigenvalue weighted by Crippen LogP contribution is -3.09. The summed E-state index contributed by atoms with van der Waals surface area (Å²) in [7, 11) is 4.46. The first-order chi connectivity index (χ1) is 17.7. The molecule has 0 bridgehead atoms. The van der Waals surface area contributed by atoms with Crippen LogP contribution in [0.25, 0.3) is 11.1 Å². The van der Waals surface area contributed by atoms with Gasteiger partial charge < -0.3 is 44.1 Å². The van der Waals surface area contributed by atoms with E-state index in [2.05, 4.69) is 43.7 Å². The van der Waals surface area contributed by atoms with Gasteiger partial charge in [0.25, 0.3) is 11.8 Å². The molecule has 0 saturated carbocycles. The second kappa shape index (κ2) is 18.1. The van der Waals surface area contributed by atoms with Crippen LogP contribution in [0.5, 0.6) is 11.8 Å². The first kappa shape index (κ1) is 32.9. The fourth-order valence-corrected chi connectivity index (χ4v) is 5.93. The highest BCUT2D eigenvalue weighted by Crippen LogP contribution is 2.25. The molecule has 0 saturated heterocycles. The highest BCUT2D eigenvalue weighted by molar-refractivity contribution is 6.99. The second-order valence-electron chi connectivity index (χ2n) is 10.2. The fourth-order valence-electron chi connectivity index (χ4n) is 4.86. The number of hydrogen-bond acceptors (Lipinski definition) is 8. The molecule has 2 unspecified atom stereocenters. The van der Waals surface area contributed by atoms with E-state index in [-0.39, 0.29) is 24.8 Å². The van der Waals surface area contributed by atoms with Crippen LogP contribution in [0, 0.1) is 0 Å². The molecule has 0 aromatic carbocycles. The normalized spacial score (nSPS) is 19.1. The molecule has 0 radical (unpaired) electrons. The van der Waals surface area contributed by atoms with Gasteiger partial charge >= 0.3 is 0 Å². The van der Waals surface area contributed by atoms with Gasteiger partial charge in [-0.15, -0.1) is 8.75 Å². The molecule has 0 fully saturated rings. The van der Waals surface area contributed by atoms with Crippen LogP contribution in [-0.4, -0.2) is 71.0 Å². The summed E-state index contributed by atoms with van der Waals surface area (Å²) in [5.41, 5.74) is 4.49. The van der Waals surface area contributed by atoms with Gasteiger partial charge in [0.1, 0.15) is 24.5 Å². The monoisotopic (exact) mass is 604 g/mol. The van der Waals surface area contributed by atoms with Gasteiger partial charge in [0.15, 0.2) is 0 Å². The number of ether oxygens (including phenoxy) is 2. The standard InChI is InChI=1S/C26H40N6O2S2.2ClH/c1-31-15-11-13-21(19-31)23-25(29-35-27-23)33-17-9-7-5-3-4-6-8-10-18-34-26-24(28-36-30-26)22-14-12-16-32(2)20-22;;/h13-14H,3-12,15-20H2,1-2H3;2*1H. The zero-order valence-electron chi connectivity index (χ0n) is 22.6. The molecule has 2 aliphatic heterocycles. The lowest BCUT2D eigenvalue weighted by atomic mass is 10.1. The van der Waals surface area contributed by atoms with Crippen molar-refractivity contribution in [1.82, 2.24) is 17.5 Å². The fraction of sp³-hybridized carbons (Fsp3) is 0.692. The Balaban J connectivity index is 0.00000253. The Morgan fingerprint density at radius 3 is 1.42 bits per heavy atom. The van der Waals surface area contributed by atoms with Crippen molar-refractivity contribution in [1.29, 1.82) is 0 Å². The number of rotatable bonds is 15. The van der Waals surface area contributed by atoms with Crippen molar-refractivity contribution in [2.45, 2.75) is 64.2 Å². The van der Waals surface area contributed by atoms with E-state index in [1.807, 2.05) is 0 Å². The molecule has 0 aliphatic carbocycles. The van der Waals surface area contributed by atoms with Crippen molar-refractivity contribution < 1.29 is 44.1 Å². The Labute approximate surface area is 248 Å². The zero-order valence-corrected chi connectivity index (χ0v) is 25.8. The summed E-state index contributed by atoms with van der Waals surface area (Å²) in [5, 5.41) is 0. The molecule has 214 valence electrons. The molecule has 2 N–H and O–H groups in total. The molecule has 2 aromatic rings. The van der Waals surface area contributed by atoms with E-state index in [1.54, 1.807) is 0 Å². The van der Waals surface area contributed by atoms with Crippen LogP contribution in [0.4, 0.5) is 0 Å². The third kappa shape index (κ3) is 10.4. The zero-order chi connectivity index (χ0) is 25.0. The summed E-state index contributed by atoms with van der Waals surface area (Å²) in [4.78, 5) is 3.04. The van der Waals surface area contributed by atoms with E-state index in [4.69, 9.17) is 9.47 Å². The van der Waals surface area contributed by atoms with Gasteiger partial charge in [-0.1, -0.05) is 50.7 Å². The SMILES string of the molecule is C[NH+]1CCC=C(c2nsnc2OCCCCCCCCCCOc2nsnc2C2=CCC[NH+](C)C2)C1.[Cl-].[Cl-]. The number of nitrogens with zero attached hydrogens (tertiary/aromatic N) is 4. The number of unbranched alkanes of at least 4 members (excludes halogenated alkanes) is 7. The first-order valence-corrected chi connectivity index (χ1v) is 15.1. The van der Waals surface area contributed by atoms with Crippen molar-refractivity contribution >= 4 is 34.6 Å². The van der Waals surface area contributed by atoms with Crippen LogP contribution < -0.4 is 44.1 Å². The molecular weight excluding hydrogens is 563 g/mol. The van der Waals surface area contributed by atoms with Crippen molar-refractivity contribution in [3.05, 3.63) is 23.5 Å². The van der Waals surface area contributed by atoms with Crippen LogP contribution in [0.15, 0.2) is 12.2 Å². The minimum atomic E-state index is 0. The van der Waals surface area contributed by atoms with E-state index in [9.17, 15) is 0 Å². The molecule has 2 atom stereocenters. The second-order valence-corrected chi connectivity index (χ2v) is 11.2. The van der Waals surface area contributed by atoms with Crippen molar-refractivity contribution in [2.24, 2.45) is 0 Å². The van der Waals surface area contributed by atoms with Crippen molar-refractivity contribution in [3.63, 3.8) is 0 Å². The summed E-state index contributed by atoms with van der Waals surface area (Å²) in [6.07, 6.45) is 16.5. The molecule has 38 heavy (non-hydrogen) atoms. The molecule has 0 spiro atoms. The Morgan fingerprint density at radius 2 is 1.03 bits per heavy atom. The Bertz CT molecular complexity index is 922. The number of nitrogens with one attached hydrogen (secondary N) is 2. The van der Waals surface area contributed by atoms with Gasteiger partial charge in [0.05, 0.1) is 63.9 Å². The molecule has 4 rings (SSSR count). The summed E-state index contributed by atoms with van der Waals surface area (Å²) in [5.74, 6) is 1.46. The predicted molar refractivity (Wildman–Crippen MR) is 146 cm³/mol. The molecule has 2 aliphatic rings. The molecule has 0 amide bonds. The molecule has 12 heteroatoms. The van der Waals surface area contributed by atoms with Crippen LogP contribution in [0.2, 0.25) is 0 Å². The maximum Gasteiger partial charge on any atom is 0.253 e. The maximum atomic E-state index is 5.98. The van der Waals surface area contributed by atoms with E-state index in [0.29, 0.717) is 0 Å². The number of hydrogen-bond donors (Lipinski definition) is 2. The van der Waals surface area contributed by atoms with Gasteiger partial charge in [0.2, 0.25) is 0 Å². The minimum absolute atomic E-state index is 0. The van der Waals surface area contributed by atoms with E-state index >= 15 is 0 Å². The molecule has 4 heterocycles. The number of quaternary nitrogens is 2. The van der Waals surface area contributed by atoms with E-state index < -0.39 is 0 Å². The molecule has 8 nitrogen and oxygen atoms in total. The first-order valence-electron chi connectivity index (χ1n) is 13.6. The van der Waals surface area contributed by atoms with E-state index in [1.165, 1.54) is 96.0 Å². The average Bonchev–Trinajstić information content (AvgIpc) is 3.54. The highest BCUT2D eigenvalue weighted by atomic mass is 35.5. The van der Waals surface area contributed by atoms with Crippen LogP contribution >= 0.6 is 23.5 Å². The Kier molecular flexibility index (Phi) is 15.7. The smallest absolute Gasteiger partial charge is 0.253 e. The number of aromatic nitrogens is 4. The highest BCUT2D eigenvalue weighted by Gasteiger charge is 2.21. The maximum absolute atomic E-state index is 5.98. The average molecular weight is 606 g/mol. The van der Waals surface area contributed by atoms with Gasteiger partial charge in [-0.05, 0) is 12.8 Å². The quantitative estimate of drug-likeness (QED) is 0.206. The van der Waals surface area contributed by atoms with E-state index in [0.717, 1.165) is 75.1 Å². The number of likely N-dealkylation sites (N-methyl/N-ethyl adjacent to an activating group) is 2. The number of halogens is 2. The summed E-state index contributed by atoms with van der Waals surface area (Å²) in [6, 6.07) is 0. The van der Waals surface area contributed by atoms with Crippen LogP contribution in [0.3, 0.4) is 0 Å². The molecule has 2 aromatic heterocycles. The summed E-state index contributed by atoms with van der Waals surface area (Å²) >= 11 is 2.51. The Morgan fingerprint density at radius 1 is 0.632 bits per heavy atom. The third-order valence-electron chi connectivity index (χ3n) is 6.95.